The highest BCUT2D eigenvalue weighted by Crippen LogP contribution is 2.23. The molecule has 0 atom stereocenters. The van der Waals surface area contributed by atoms with E-state index in [1.54, 1.807) is 7.05 Å². The summed E-state index contributed by atoms with van der Waals surface area (Å²) in [6, 6.07) is 11.8. The molecule has 0 aliphatic rings. The van der Waals surface area contributed by atoms with Gasteiger partial charge in [-0.3, -0.25) is 9.63 Å². The summed E-state index contributed by atoms with van der Waals surface area (Å²) in [5.41, 5.74) is 4.70. The second kappa shape index (κ2) is 6.35. The van der Waals surface area contributed by atoms with Crippen molar-refractivity contribution in [3.63, 3.8) is 0 Å². The highest BCUT2D eigenvalue weighted by atomic mass is 28.3. The average molecular weight is 311 g/mol. The van der Waals surface area contributed by atoms with Gasteiger partial charge in [-0.15, -0.1) is 5.54 Å². The van der Waals surface area contributed by atoms with Crippen LogP contribution in [0.3, 0.4) is 0 Å². The van der Waals surface area contributed by atoms with Gasteiger partial charge in [0.15, 0.2) is 0 Å². The fraction of sp³-hybridized carbons (Fsp3) is 0.278. The highest BCUT2D eigenvalue weighted by molar-refractivity contribution is 6.83. The zero-order chi connectivity index (χ0) is 16.3. The van der Waals surface area contributed by atoms with E-state index in [0.29, 0.717) is 5.56 Å². The van der Waals surface area contributed by atoms with E-state index in [1.807, 2.05) is 36.4 Å². The molecule has 2 rings (SSSR count). The van der Waals surface area contributed by atoms with Crippen molar-refractivity contribution in [2.24, 2.45) is 0 Å². The van der Waals surface area contributed by atoms with Crippen molar-refractivity contribution >= 4 is 24.8 Å². The van der Waals surface area contributed by atoms with E-state index in [9.17, 15) is 4.79 Å². The quantitative estimate of drug-likeness (QED) is 0.481. The lowest BCUT2D eigenvalue weighted by atomic mass is 9.98. The molecular weight excluding hydrogens is 290 g/mol. The molecule has 1 amide bonds. The van der Waals surface area contributed by atoms with Crippen molar-refractivity contribution in [3.8, 4) is 11.5 Å². The predicted octanol–water partition coefficient (Wildman–Crippen LogP) is 3.70. The molecule has 0 unspecified atom stereocenters. The van der Waals surface area contributed by atoms with Gasteiger partial charge in [0.1, 0.15) is 8.07 Å². The fourth-order valence-corrected chi connectivity index (χ4v) is 2.61. The second-order valence-corrected chi connectivity index (χ2v) is 10.9. The van der Waals surface area contributed by atoms with Gasteiger partial charge in [-0.25, -0.2) is 5.06 Å². The van der Waals surface area contributed by atoms with Crippen molar-refractivity contribution < 1.29 is 9.63 Å². The Labute approximate surface area is 132 Å². The van der Waals surface area contributed by atoms with Crippen LogP contribution in [0.15, 0.2) is 36.4 Å². The maximum absolute atomic E-state index is 12.7. The van der Waals surface area contributed by atoms with E-state index in [0.717, 1.165) is 16.3 Å². The summed E-state index contributed by atoms with van der Waals surface area (Å²) in [5, 5.41) is 3.16. The highest BCUT2D eigenvalue weighted by Gasteiger charge is 2.19. The van der Waals surface area contributed by atoms with Gasteiger partial charge in [0, 0.05) is 12.6 Å². The minimum atomic E-state index is -1.52. The van der Waals surface area contributed by atoms with Gasteiger partial charge in [-0.1, -0.05) is 55.9 Å². The molecule has 0 spiro atoms. The zero-order valence-electron chi connectivity index (χ0n) is 13.7. The van der Waals surface area contributed by atoms with Crippen LogP contribution in [0.2, 0.25) is 19.6 Å². The van der Waals surface area contributed by atoms with Gasteiger partial charge in [0.05, 0.1) is 12.7 Å². The monoisotopic (exact) mass is 311 g/mol. The number of amides is 1. The molecule has 2 aromatic rings. The Hall–Kier alpha value is -2.09. The van der Waals surface area contributed by atoms with Crippen LogP contribution in [0.4, 0.5) is 0 Å². The first kappa shape index (κ1) is 16.3. The molecule has 2 aromatic carbocycles. The molecule has 0 saturated carbocycles. The first-order valence-corrected chi connectivity index (χ1v) is 10.7. The average Bonchev–Trinajstić information content (AvgIpc) is 2.50. The lowest BCUT2D eigenvalue weighted by Gasteiger charge is -2.16. The smallest absolute Gasteiger partial charge is 0.274 e. The molecule has 0 bridgehead atoms. The van der Waals surface area contributed by atoms with Gasteiger partial charge in [-0.05, 0) is 16.8 Å². The molecule has 22 heavy (non-hydrogen) atoms. The normalized spacial score (nSPS) is 11.0. The van der Waals surface area contributed by atoms with E-state index in [2.05, 4.69) is 31.1 Å². The molecule has 0 heterocycles. The summed E-state index contributed by atoms with van der Waals surface area (Å²) in [5.74, 6) is 3.03. The van der Waals surface area contributed by atoms with Crippen LogP contribution in [0.25, 0.3) is 10.8 Å². The summed E-state index contributed by atoms with van der Waals surface area (Å²) >= 11 is 0. The zero-order valence-corrected chi connectivity index (χ0v) is 14.7. The van der Waals surface area contributed by atoms with Crippen molar-refractivity contribution in [1.29, 1.82) is 0 Å². The third-order valence-electron chi connectivity index (χ3n) is 3.27. The number of benzene rings is 2. The van der Waals surface area contributed by atoms with Crippen LogP contribution in [-0.2, 0) is 4.84 Å². The van der Waals surface area contributed by atoms with Crippen LogP contribution in [0.5, 0.6) is 0 Å². The molecule has 0 aliphatic heterocycles. The van der Waals surface area contributed by atoms with Gasteiger partial charge >= 0.3 is 0 Å². The Bertz CT molecular complexity index is 766. The van der Waals surface area contributed by atoms with Crippen molar-refractivity contribution in [2.75, 3.05) is 14.2 Å². The minimum absolute atomic E-state index is 0.181. The number of fused-ring (bicyclic) bond motifs is 1. The second-order valence-electron chi connectivity index (χ2n) is 6.19. The number of hydrogen-bond donors (Lipinski definition) is 0. The summed E-state index contributed by atoms with van der Waals surface area (Å²) in [4.78, 5) is 17.7. The standard InChI is InChI=1S/C18H21NO2Si/c1-19(21-2)18(20)17-15(12-13-22(3,4)5)11-10-14-8-6-7-9-16(14)17/h6-11H,1-5H3. The van der Waals surface area contributed by atoms with Crippen molar-refractivity contribution in [1.82, 2.24) is 5.06 Å². The van der Waals surface area contributed by atoms with E-state index in [1.165, 1.54) is 12.2 Å². The summed E-state index contributed by atoms with van der Waals surface area (Å²) in [6.07, 6.45) is 0. The Morgan fingerprint density at radius 3 is 2.45 bits per heavy atom. The van der Waals surface area contributed by atoms with E-state index < -0.39 is 8.07 Å². The maximum atomic E-state index is 12.7. The molecule has 3 nitrogen and oxygen atoms in total. The van der Waals surface area contributed by atoms with Crippen molar-refractivity contribution in [3.05, 3.63) is 47.5 Å². The number of rotatable bonds is 2. The van der Waals surface area contributed by atoms with E-state index >= 15 is 0 Å². The van der Waals surface area contributed by atoms with Gasteiger partial charge in [-0.2, -0.15) is 0 Å². The molecule has 114 valence electrons. The van der Waals surface area contributed by atoms with Crippen LogP contribution >= 0.6 is 0 Å². The lowest BCUT2D eigenvalue weighted by Crippen LogP contribution is -2.26. The summed E-state index contributed by atoms with van der Waals surface area (Å²) in [7, 11) is 1.58. The van der Waals surface area contributed by atoms with Gasteiger partial charge < -0.3 is 0 Å². The van der Waals surface area contributed by atoms with Crippen LogP contribution < -0.4 is 0 Å². The number of carbonyl (C=O) groups excluding carboxylic acids is 1. The third kappa shape index (κ3) is 3.56. The molecule has 0 N–H and O–H groups in total. The first-order chi connectivity index (χ1) is 10.3. The van der Waals surface area contributed by atoms with Crippen LogP contribution in [0, 0.1) is 11.5 Å². The SMILES string of the molecule is CON(C)C(=O)c1c(C#C[Si](C)(C)C)ccc2ccccc12. The lowest BCUT2D eigenvalue weighted by molar-refractivity contribution is -0.0755. The minimum Gasteiger partial charge on any atom is -0.274 e. The number of hydroxylamine groups is 2. The van der Waals surface area contributed by atoms with Gasteiger partial charge in [0.25, 0.3) is 5.91 Å². The molecule has 0 aromatic heterocycles. The predicted molar refractivity (Wildman–Crippen MR) is 93.3 cm³/mol. The topological polar surface area (TPSA) is 29.5 Å². The van der Waals surface area contributed by atoms with E-state index in [4.69, 9.17) is 4.84 Å². The molecule has 4 heteroatoms. The number of carbonyl (C=O) groups is 1. The Morgan fingerprint density at radius 1 is 1.14 bits per heavy atom. The Kier molecular flexibility index (Phi) is 4.70. The molecule has 0 radical (unpaired) electrons. The van der Waals surface area contributed by atoms with Crippen LogP contribution in [-0.4, -0.2) is 33.2 Å². The molecular formula is C18H21NO2Si. The number of nitrogens with zero attached hydrogens (tertiary/aromatic N) is 1. The summed E-state index contributed by atoms with van der Waals surface area (Å²) in [6.45, 7) is 6.55. The fourth-order valence-electron chi connectivity index (χ4n) is 2.10. The Balaban J connectivity index is 2.70. The largest absolute Gasteiger partial charge is 0.279 e. The van der Waals surface area contributed by atoms with Gasteiger partial charge in [0.2, 0.25) is 0 Å². The Morgan fingerprint density at radius 2 is 1.82 bits per heavy atom. The third-order valence-corrected chi connectivity index (χ3v) is 4.15. The molecule has 0 saturated heterocycles. The van der Waals surface area contributed by atoms with Crippen LogP contribution in [0.1, 0.15) is 15.9 Å². The maximum Gasteiger partial charge on any atom is 0.279 e. The van der Waals surface area contributed by atoms with Crippen molar-refractivity contribution in [2.45, 2.75) is 19.6 Å². The first-order valence-electron chi connectivity index (χ1n) is 7.20. The molecule has 0 fully saturated rings. The van der Waals surface area contributed by atoms with E-state index in [-0.39, 0.29) is 5.91 Å². The summed E-state index contributed by atoms with van der Waals surface area (Å²) < 4.78 is 0. The molecule has 0 aliphatic carbocycles. The number of hydrogen-bond acceptors (Lipinski definition) is 2.